The number of aryl methyl sites for hydroxylation is 3. The zero-order valence-corrected chi connectivity index (χ0v) is 13.9. The predicted octanol–water partition coefficient (Wildman–Crippen LogP) is 5.26. The minimum Gasteiger partial charge on any atom is -0.490 e. The van der Waals surface area contributed by atoms with Crippen LogP contribution in [0.2, 0.25) is 0 Å². The Morgan fingerprint density at radius 3 is 2.28 bits per heavy atom. The zero-order chi connectivity index (χ0) is 18.2. The Kier molecular flexibility index (Phi) is 7.10. The van der Waals surface area contributed by atoms with Crippen LogP contribution >= 0.6 is 0 Å². The molecule has 136 valence electrons. The average Bonchev–Trinajstić information content (AvgIpc) is 2.57. The number of benzene rings is 2. The van der Waals surface area contributed by atoms with Crippen molar-refractivity contribution in [1.29, 1.82) is 0 Å². The van der Waals surface area contributed by atoms with Crippen molar-refractivity contribution in [2.45, 2.75) is 32.8 Å². The molecule has 2 aromatic carbocycles. The van der Waals surface area contributed by atoms with E-state index in [4.69, 9.17) is 4.74 Å². The summed E-state index contributed by atoms with van der Waals surface area (Å²) in [5.41, 5.74) is 2.47. The van der Waals surface area contributed by atoms with Crippen molar-refractivity contribution in [2.24, 2.45) is 0 Å². The molecule has 0 bridgehead atoms. The predicted molar refractivity (Wildman–Crippen MR) is 87.7 cm³/mol. The van der Waals surface area contributed by atoms with E-state index < -0.39 is 19.1 Å². The van der Waals surface area contributed by atoms with Crippen molar-refractivity contribution >= 4 is 0 Å². The van der Waals surface area contributed by atoms with Crippen LogP contribution in [0.5, 0.6) is 11.5 Å². The van der Waals surface area contributed by atoms with E-state index >= 15 is 0 Å². The summed E-state index contributed by atoms with van der Waals surface area (Å²) in [5, 5.41) is 0. The summed E-state index contributed by atoms with van der Waals surface area (Å²) in [5.74, 6) is -0.209. The SMILES string of the molecule is Cc1cc(CCc2ccc(F)c(OCCCF)c2)ccc1OC(F)F. The first-order valence-corrected chi connectivity index (χ1v) is 8.01. The van der Waals surface area contributed by atoms with Crippen molar-refractivity contribution in [3.05, 3.63) is 58.9 Å². The molecule has 0 N–H and O–H groups in total. The lowest BCUT2D eigenvalue weighted by Crippen LogP contribution is -2.04. The molecule has 0 fully saturated rings. The molecular formula is C19H20F4O2. The molecule has 0 unspecified atom stereocenters. The lowest BCUT2D eigenvalue weighted by Gasteiger charge is -2.11. The van der Waals surface area contributed by atoms with Crippen LogP contribution in [0.25, 0.3) is 0 Å². The number of halogens is 4. The summed E-state index contributed by atoms with van der Waals surface area (Å²) < 4.78 is 60.0. The van der Waals surface area contributed by atoms with Gasteiger partial charge in [-0.3, -0.25) is 4.39 Å². The van der Waals surface area contributed by atoms with E-state index in [1.807, 2.05) is 0 Å². The highest BCUT2D eigenvalue weighted by Crippen LogP contribution is 2.23. The van der Waals surface area contributed by atoms with Gasteiger partial charge in [-0.25, -0.2) is 4.39 Å². The van der Waals surface area contributed by atoms with Gasteiger partial charge < -0.3 is 9.47 Å². The highest BCUT2D eigenvalue weighted by molar-refractivity contribution is 5.37. The summed E-state index contributed by atoms with van der Waals surface area (Å²) in [6.07, 6.45) is 1.51. The monoisotopic (exact) mass is 356 g/mol. The Hall–Kier alpha value is -2.24. The van der Waals surface area contributed by atoms with E-state index in [0.717, 1.165) is 11.1 Å². The van der Waals surface area contributed by atoms with E-state index in [0.29, 0.717) is 18.4 Å². The molecule has 0 heterocycles. The van der Waals surface area contributed by atoms with Gasteiger partial charge in [-0.1, -0.05) is 18.2 Å². The standard InChI is InChI=1S/C19H20F4O2/c1-13-11-14(6-8-17(13)25-19(22)23)3-4-15-5-7-16(21)18(12-15)24-10-2-9-20/h5-8,11-12,19H,2-4,9-10H2,1H3. The topological polar surface area (TPSA) is 18.5 Å². The third-order valence-corrected chi connectivity index (χ3v) is 3.69. The fraction of sp³-hybridized carbons (Fsp3) is 0.368. The highest BCUT2D eigenvalue weighted by atomic mass is 19.3. The van der Waals surface area contributed by atoms with Gasteiger partial charge in [0, 0.05) is 6.42 Å². The van der Waals surface area contributed by atoms with Gasteiger partial charge in [-0.15, -0.1) is 0 Å². The number of hydrogen-bond acceptors (Lipinski definition) is 2. The molecule has 0 aliphatic rings. The van der Waals surface area contributed by atoms with Gasteiger partial charge in [0.25, 0.3) is 0 Å². The van der Waals surface area contributed by atoms with Crippen molar-refractivity contribution in [3.8, 4) is 11.5 Å². The van der Waals surface area contributed by atoms with Gasteiger partial charge in [0.05, 0.1) is 13.3 Å². The summed E-state index contributed by atoms with van der Waals surface area (Å²) in [7, 11) is 0. The Bertz CT molecular complexity index is 689. The van der Waals surface area contributed by atoms with Crippen molar-refractivity contribution < 1.29 is 27.0 Å². The van der Waals surface area contributed by atoms with Crippen molar-refractivity contribution in [1.82, 2.24) is 0 Å². The van der Waals surface area contributed by atoms with E-state index in [-0.39, 0.29) is 24.5 Å². The molecule has 0 atom stereocenters. The summed E-state index contributed by atoms with van der Waals surface area (Å²) in [6, 6.07) is 9.64. The number of alkyl halides is 3. The first kappa shape index (κ1) is 19.1. The Morgan fingerprint density at radius 1 is 0.960 bits per heavy atom. The van der Waals surface area contributed by atoms with Gasteiger partial charge in [-0.05, 0) is 54.7 Å². The van der Waals surface area contributed by atoms with Crippen LogP contribution in [0, 0.1) is 12.7 Å². The van der Waals surface area contributed by atoms with Gasteiger partial charge >= 0.3 is 6.61 Å². The first-order valence-electron chi connectivity index (χ1n) is 8.01. The molecule has 0 saturated heterocycles. The van der Waals surface area contributed by atoms with E-state index in [1.165, 1.54) is 12.1 Å². The molecule has 25 heavy (non-hydrogen) atoms. The molecule has 0 aliphatic carbocycles. The normalized spacial score (nSPS) is 11.0. The molecule has 0 saturated carbocycles. The lowest BCUT2D eigenvalue weighted by molar-refractivity contribution is -0.0503. The minimum absolute atomic E-state index is 0.114. The molecule has 0 amide bonds. The first-order chi connectivity index (χ1) is 12.0. The number of ether oxygens (including phenoxy) is 2. The highest BCUT2D eigenvalue weighted by Gasteiger charge is 2.09. The maximum Gasteiger partial charge on any atom is 0.387 e. The van der Waals surface area contributed by atoms with Crippen LogP contribution < -0.4 is 9.47 Å². The van der Waals surface area contributed by atoms with Gasteiger partial charge in [0.1, 0.15) is 5.75 Å². The molecule has 2 aromatic rings. The Labute approximate surface area is 144 Å². The molecule has 6 heteroatoms. The van der Waals surface area contributed by atoms with E-state index in [9.17, 15) is 17.6 Å². The Morgan fingerprint density at radius 2 is 1.64 bits per heavy atom. The van der Waals surface area contributed by atoms with Gasteiger partial charge in [-0.2, -0.15) is 8.78 Å². The average molecular weight is 356 g/mol. The second-order valence-electron chi connectivity index (χ2n) is 5.63. The molecule has 0 aromatic heterocycles. The lowest BCUT2D eigenvalue weighted by atomic mass is 10.0. The van der Waals surface area contributed by atoms with E-state index in [1.54, 1.807) is 31.2 Å². The minimum atomic E-state index is -2.85. The van der Waals surface area contributed by atoms with Crippen LogP contribution in [-0.2, 0) is 12.8 Å². The van der Waals surface area contributed by atoms with Crippen molar-refractivity contribution in [3.63, 3.8) is 0 Å². The van der Waals surface area contributed by atoms with Crippen LogP contribution in [0.1, 0.15) is 23.1 Å². The molecular weight excluding hydrogens is 336 g/mol. The van der Waals surface area contributed by atoms with Crippen molar-refractivity contribution in [2.75, 3.05) is 13.3 Å². The van der Waals surface area contributed by atoms with Crippen LogP contribution in [0.4, 0.5) is 17.6 Å². The summed E-state index contributed by atoms with van der Waals surface area (Å²) in [6.45, 7) is -1.52. The van der Waals surface area contributed by atoms with Gasteiger partial charge in [0.2, 0.25) is 0 Å². The molecule has 0 radical (unpaired) electrons. The van der Waals surface area contributed by atoms with Crippen LogP contribution in [0.3, 0.4) is 0 Å². The van der Waals surface area contributed by atoms with Crippen LogP contribution in [-0.4, -0.2) is 19.9 Å². The number of hydrogen-bond donors (Lipinski definition) is 0. The zero-order valence-electron chi connectivity index (χ0n) is 13.9. The van der Waals surface area contributed by atoms with E-state index in [2.05, 4.69) is 4.74 Å². The molecule has 2 rings (SSSR count). The molecule has 0 aliphatic heterocycles. The summed E-state index contributed by atoms with van der Waals surface area (Å²) >= 11 is 0. The third-order valence-electron chi connectivity index (χ3n) is 3.69. The molecule has 2 nitrogen and oxygen atoms in total. The van der Waals surface area contributed by atoms with Gasteiger partial charge in [0.15, 0.2) is 11.6 Å². The maximum atomic E-state index is 13.7. The quantitative estimate of drug-likeness (QED) is 0.451. The second-order valence-corrected chi connectivity index (χ2v) is 5.63. The smallest absolute Gasteiger partial charge is 0.387 e. The Balaban J connectivity index is 1.98. The molecule has 0 spiro atoms. The second kappa shape index (κ2) is 9.30. The third kappa shape index (κ3) is 5.96. The largest absolute Gasteiger partial charge is 0.490 e. The number of rotatable bonds is 9. The summed E-state index contributed by atoms with van der Waals surface area (Å²) in [4.78, 5) is 0. The maximum absolute atomic E-state index is 13.7. The van der Waals surface area contributed by atoms with Crippen LogP contribution in [0.15, 0.2) is 36.4 Å². The fourth-order valence-electron chi connectivity index (χ4n) is 2.43. The fourth-order valence-corrected chi connectivity index (χ4v) is 2.43.